The number of amides is 2. The molecule has 0 aliphatic rings. The maximum absolute atomic E-state index is 12.8. The van der Waals surface area contributed by atoms with Crippen LogP contribution in [0.3, 0.4) is 0 Å². The highest BCUT2D eigenvalue weighted by molar-refractivity contribution is 7.98. The third-order valence-corrected chi connectivity index (χ3v) is 6.48. The van der Waals surface area contributed by atoms with Crippen molar-refractivity contribution in [1.29, 1.82) is 0 Å². The second-order valence-corrected chi connectivity index (χ2v) is 9.44. The maximum Gasteiger partial charge on any atom is 0.287 e. The van der Waals surface area contributed by atoms with Gasteiger partial charge < -0.3 is 15.1 Å². The molecule has 1 atom stereocenters. The summed E-state index contributed by atoms with van der Waals surface area (Å²) in [7, 11) is -3.76. The van der Waals surface area contributed by atoms with Crippen molar-refractivity contribution in [2.45, 2.75) is 17.4 Å². The molecule has 1 aromatic heterocycles. The number of furan rings is 1. The summed E-state index contributed by atoms with van der Waals surface area (Å²) < 4.78 is 32.6. The normalized spacial score (nSPS) is 12.0. The van der Waals surface area contributed by atoms with Crippen molar-refractivity contribution in [3.05, 3.63) is 78.8 Å². The van der Waals surface area contributed by atoms with E-state index in [-0.39, 0.29) is 10.7 Å². The Kier molecular flexibility index (Phi) is 7.96. The predicted molar refractivity (Wildman–Crippen MR) is 125 cm³/mol. The largest absolute Gasteiger partial charge is 0.459 e. The summed E-state index contributed by atoms with van der Waals surface area (Å²) in [5, 5.41) is 5.39. The molecule has 2 amide bonds. The molecule has 1 heterocycles. The number of carbonyl (C=O) groups is 2. The van der Waals surface area contributed by atoms with Crippen LogP contribution in [0.2, 0.25) is 0 Å². The van der Waals surface area contributed by atoms with Gasteiger partial charge in [-0.1, -0.05) is 18.2 Å². The fraction of sp³-hybridized carbons (Fsp3) is 0.182. The highest BCUT2D eigenvalue weighted by Crippen LogP contribution is 2.18. The van der Waals surface area contributed by atoms with Crippen LogP contribution in [-0.2, 0) is 14.8 Å². The molecule has 0 saturated carbocycles. The van der Waals surface area contributed by atoms with Crippen LogP contribution in [0, 0.1) is 0 Å². The summed E-state index contributed by atoms with van der Waals surface area (Å²) >= 11 is 1.56. The molecule has 0 aliphatic carbocycles. The van der Waals surface area contributed by atoms with Gasteiger partial charge >= 0.3 is 0 Å². The van der Waals surface area contributed by atoms with Crippen LogP contribution in [0.4, 0.5) is 11.4 Å². The molecule has 0 radical (unpaired) electrons. The standard InChI is InChI=1S/C22H23N3O5S2/c1-31-15-13-19(24-22(27)20-8-5-14-30-20)21(26)23-16-9-11-18(12-10-16)32(28,29)25-17-6-3-2-4-7-17/h2-12,14,19,25H,13,15H2,1H3,(H,23,26)(H,24,27)/t19-/m0/s1. The van der Waals surface area contributed by atoms with E-state index in [2.05, 4.69) is 15.4 Å². The average molecular weight is 474 g/mol. The third kappa shape index (κ3) is 6.38. The number of hydrogen-bond donors (Lipinski definition) is 3. The maximum atomic E-state index is 12.8. The SMILES string of the molecule is CSCC[C@H](NC(=O)c1ccco1)C(=O)Nc1ccc(S(=O)(=O)Nc2ccccc2)cc1. The molecule has 3 N–H and O–H groups in total. The summed E-state index contributed by atoms with van der Waals surface area (Å²) in [5.74, 6) is -0.104. The first-order chi connectivity index (χ1) is 15.4. The van der Waals surface area contributed by atoms with E-state index >= 15 is 0 Å². The second-order valence-electron chi connectivity index (χ2n) is 6.77. The van der Waals surface area contributed by atoms with Gasteiger partial charge in [0, 0.05) is 11.4 Å². The molecule has 3 aromatic rings. The number of sulfonamides is 1. The van der Waals surface area contributed by atoms with E-state index in [4.69, 9.17) is 4.42 Å². The minimum Gasteiger partial charge on any atom is -0.459 e. The van der Waals surface area contributed by atoms with Crippen molar-refractivity contribution in [2.75, 3.05) is 22.0 Å². The first-order valence-electron chi connectivity index (χ1n) is 9.71. The summed E-state index contributed by atoms with van der Waals surface area (Å²) in [5.41, 5.74) is 0.865. The average Bonchev–Trinajstić information content (AvgIpc) is 3.32. The van der Waals surface area contributed by atoms with Crippen molar-refractivity contribution in [2.24, 2.45) is 0 Å². The van der Waals surface area contributed by atoms with Gasteiger partial charge in [-0.3, -0.25) is 14.3 Å². The Morgan fingerprint density at radius 2 is 1.69 bits per heavy atom. The van der Waals surface area contributed by atoms with Gasteiger partial charge in [-0.2, -0.15) is 11.8 Å². The molecule has 32 heavy (non-hydrogen) atoms. The number of anilines is 2. The molecule has 0 bridgehead atoms. The Morgan fingerprint density at radius 1 is 0.969 bits per heavy atom. The van der Waals surface area contributed by atoms with E-state index in [0.29, 0.717) is 23.5 Å². The van der Waals surface area contributed by atoms with E-state index in [1.165, 1.54) is 36.6 Å². The number of thioether (sulfide) groups is 1. The van der Waals surface area contributed by atoms with Crippen molar-refractivity contribution in [3.8, 4) is 0 Å². The fourth-order valence-corrected chi connectivity index (χ4v) is 4.34. The van der Waals surface area contributed by atoms with Gasteiger partial charge in [-0.05, 0) is 67.0 Å². The Morgan fingerprint density at radius 3 is 2.31 bits per heavy atom. The minimum absolute atomic E-state index is 0.0596. The number of nitrogens with one attached hydrogen (secondary N) is 3. The van der Waals surface area contributed by atoms with Crippen LogP contribution in [0.5, 0.6) is 0 Å². The van der Waals surface area contributed by atoms with E-state index in [1.54, 1.807) is 48.2 Å². The lowest BCUT2D eigenvalue weighted by molar-refractivity contribution is -0.118. The van der Waals surface area contributed by atoms with Crippen LogP contribution < -0.4 is 15.4 Å². The van der Waals surface area contributed by atoms with Gasteiger partial charge in [0.25, 0.3) is 15.9 Å². The minimum atomic E-state index is -3.76. The molecule has 0 fully saturated rings. The Bertz CT molecular complexity index is 1130. The summed E-state index contributed by atoms with van der Waals surface area (Å²) in [6.07, 6.45) is 3.72. The molecule has 8 nitrogen and oxygen atoms in total. The van der Waals surface area contributed by atoms with Gasteiger partial charge in [0.05, 0.1) is 11.2 Å². The van der Waals surface area contributed by atoms with Gasteiger partial charge in [0.1, 0.15) is 6.04 Å². The zero-order valence-corrected chi connectivity index (χ0v) is 18.9. The third-order valence-electron chi connectivity index (χ3n) is 4.44. The molecule has 0 spiro atoms. The number of rotatable bonds is 10. The van der Waals surface area contributed by atoms with Crippen molar-refractivity contribution in [1.82, 2.24) is 5.32 Å². The molecular formula is C22H23N3O5S2. The zero-order chi connectivity index (χ0) is 23.0. The molecule has 0 aliphatic heterocycles. The van der Waals surface area contributed by atoms with Gasteiger partial charge in [-0.15, -0.1) is 0 Å². The van der Waals surface area contributed by atoms with Gasteiger partial charge in [0.2, 0.25) is 5.91 Å². The van der Waals surface area contributed by atoms with Crippen LogP contribution in [0.1, 0.15) is 17.0 Å². The quantitative estimate of drug-likeness (QED) is 0.414. The Labute approximate surface area is 190 Å². The van der Waals surface area contributed by atoms with Gasteiger partial charge in [-0.25, -0.2) is 8.42 Å². The van der Waals surface area contributed by atoms with E-state index in [9.17, 15) is 18.0 Å². The summed E-state index contributed by atoms with van der Waals surface area (Å²) in [6, 6.07) is 16.7. The first kappa shape index (κ1) is 23.4. The molecule has 168 valence electrons. The summed E-state index contributed by atoms with van der Waals surface area (Å²) in [4.78, 5) is 25.1. The number of para-hydroxylation sites is 1. The number of carbonyl (C=O) groups excluding carboxylic acids is 2. The molecule has 0 unspecified atom stereocenters. The highest BCUT2D eigenvalue weighted by atomic mass is 32.2. The second kappa shape index (κ2) is 10.9. The molecule has 10 heteroatoms. The fourth-order valence-electron chi connectivity index (χ4n) is 2.81. The Hall–Kier alpha value is -3.24. The van der Waals surface area contributed by atoms with Crippen molar-refractivity contribution >= 4 is 45.0 Å². The lowest BCUT2D eigenvalue weighted by Crippen LogP contribution is -2.44. The van der Waals surface area contributed by atoms with E-state index < -0.39 is 27.9 Å². The predicted octanol–water partition coefficient (Wildman–Crippen LogP) is 3.57. The topological polar surface area (TPSA) is 118 Å². The van der Waals surface area contributed by atoms with Crippen LogP contribution in [-0.4, -0.2) is 38.3 Å². The lowest BCUT2D eigenvalue weighted by atomic mass is 10.2. The van der Waals surface area contributed by atoms with E-state index in [0.717, 1.165) is 0 Å². The monoisotopic (exact) mass is 473 g/mol. The Balaban J connectivity index is 1.66. The van der Waals surface area contributed by atoms with Crippen LogP contribution in [0.15, 0.2) is 82.3 Å². The number of benzene rings is 2. The molecule has 3 rings (SSSR count). The number of hydrogen-bond acceptors (Lipinski definition) is 6. The zero-order valence-electron chi connectivity index (χ0n) is 17.3. The first-order valence-corrected chi connectivity index (χ1v) is 12.6. The van der Waals surface area contributed by atoms with Crippen molar-refractivity contribution < 1.29 is 22.4 Å². The molecule has 0 saturated heterocycles. The summed E-state index contributed by atoms with van der Waals surface area (Å²) in [6.45, 7) is 0. The van der Waals surface area contributed by atoms with Crippen LogP contribution in [0.25, 0.3) is 0 Å². The smallest absolute Gasteiger partial charge is 0.287 e. The van der Waals surface area contributed by atoms with E-state index in [1.807, 2.05) is 6.26 Å². The lowest BCUT2D eigenvalue weighted by Gasteiger charge is -2.18. The molecular weight excluding hydrogens is 450 g/mol. The molecule has 2 aromatic carbocycles. The highest BCUT2D eigenvalue weighted by Gasteiger charge is 2.23. The van der Waals surface area contributed by atoms with Crippen LogP contribution >= 0.6 is 11.8 Å². The van der Waals surface area contributed by atoms with Gasteiger partial charge in [0.15, 0.2) is 5.76 Å². The van der Waals surface area contributed by atoms with Crippen molar-refractivity contribution in [3.63, 3.8) is 0 Å².